The van der Waals surface area contributed by atoms with Crippen LogP contribution in [-0.2, 0) is 9.59 Å². The molecule has 37 heavy (non-hydrogen) atoms. The molecule has 2 aromatic rings. The van der Waals surface area contributed by atoms with E-state index < -0.39 is 36.8 Å². The van der Waals surface area contributed by atoms with Crippen LogP contribution in [0, 0.1) is 11.3 Å². The van der Waals surface area contributed by atoms with E-state index in [1.807, 2.05) is 6.92 Å². The summed E-state index contributed by atoms with van der Waals surface area (Å²) in [6.45, 7) is 0.656. The second-order valence-corrected chi connectivity index (χ2v) is 11.1. The van der Waals surface area contributed by atoms with Gasteiger partial charge in [-0.25, -0.2) is 4.98 Å². The van der Waals surface area contributed by atoms with Gasteiger partial charge in [0.05, 0.1) is 12.2 Å². The second kappa shape index (κ2) is 9.58. The molecule has 3 aliphatic carbocycles. The quantitative estimate of drug-likeness (QED) is 0.522. The standard InChI is InChI=1S/C26H34F3N5O3/c1-2-3-7-30-23(36)22(19-15-32-8-5-4-6-20(32)31-19)34-10-9-33(16-25(37,17-34)26(27,28)29)21(35)14-24-11-18(12-24)13-24/h4-6,8,15,18,22,37H,2-3,7,9-14,16-17H2,1H3,(H,30,36). The first kappa shape index (κ1) is 26.0. The molecule has 3 saturated carbocycles. The van der Waals surface area contributed by atoms with Gasteiger partial charge in [-0.1, -0.05) is 19.4 Å². The van der Waals surface area contributed by atoms with Crippen molar-refractivity contribution in [2.75, 3.05) is 32.7 Å². The van der Waals surface area contributed by atoms with Crippen LogP contribution in [0.5, 0.6) is 0 Å². The fourth-order valence-electron chi connectivity index (χ4n) is 6.09. The van der Waals surface area contributed by atoms with Gasteiger partial charge in [-0.05, 0) is 49.1 Å². The van der Waals surface area contributed by atoms with Crippen molar-refractivity contribution in [2.45, 2.75) is 63.3 Å². The highest BCUT2D eigenvalue weighted by Gasteiger charge is 2.60. The number of pyridine rings is 1. The largest absolute Gasteiger partial charge is 0.420 e. The number of halogens is 3. The summed E-state index contributed by atoms with van der Waals surface area (Å²) >= 11 is 0. The van der Waals surface area contributed by atoms with Gasteiger partial charge in [0.2, 0.25) is 11.8 Å². The molecule has 2 atom stereocenters. The summed E-state index contributed by atoms with van der Waals surface area (Å²) in [7, 11) is 0. The van der Waals surface area contributed by atoms with E-state index in [0.717, 1.165) is 37.0 Å². The predicted octanol–water partition coefficient (Wildman–Crippen LogP) is 2.92. The first-order chi connectivity index (χ1) is 17.5. The van der Waals surface area contributed by atoms with Crippen molar-refractivity contribution in [3.63, 3.8) is 0 Å². The van der Waals surface area contributed by atoms with Gasteiger partial charge in [-0.2, -0.15) is 13.2 Å². The molecule has 2 aromatic heterocycles. The predicted molar refractivity (Wildman–Crippen MR) is 129 cm³/mol. The van der Waals surface area contributed by atoms with E-state index >= 15 is 0 Å². The number of carbonyl (C=O) groups is 2. The molecule has 4 aliphatic rings. The van der Waals surface area contributed by atoms with Gasteiger partial charge in [0.1, 0.15) is 11.7 Å². The number of rotatable bonds is 8. The number of aliphatic hydroxyl groups is 1. The molecule has 6 rings (SSSR count). The molecule has 202 valence electrons. The van der Waals surface area contributed by atoms with E-state index in [0.29, 0.717) is 23.8 Å². The zero-order valence-corrected chi connectivity index (χ0v) is 21.0. The second-order valence-electron chi connectivity index (χ2n) is 11.1. The summed E-state index contributed by atoms with van der Waals surface area (Å²) in [6.07, 6.45) is 3.03. The van der Waals surface area contributed by atoms with E-state index in [1.165, 1.54) is 4.90 Å². The lowest BCUT2D eigenvalue weighted by Crippen LogP contribution is -2.59. The maximum Gasteiger partial charge on any atom is 0.420 e. The Labute approximate surface area is 213 Å². The molecule has 4 fully saturated rings. The van der Waals surface area contributed by atoms with Gasteiger partial charge in [-0.3, -0.25) is 14.5 Å². The average Bonchev–Trinajstić information content (AvgIpc) is 3.11. The van der Waals surface area contributed by atoms with Crippen LogP contribution in [-0.4, -0.2) is 80.6 Å². The number of carbonyl (C=O) groups excluding carboxylic acids is 2. The Morgan fingerprint density at radius 3 is 2.59 bits per heavy atom. The Balaban J connectivity index is 1.44. The fraction of sp³-hybridized carbons (Fsp3) is 0.654. The van der Waals surface area contributed by atoms with Crippen LogP contribution in [0.15, 0.2) is 30.6 Å². The Bertz CT molecular complexity index is 1120. The number of β-amino-alcohol motifs (C(OH)–C–C–N with tert-alkyl or cyclic N) is 1. The highest BCUT2D eigenvalue weighted by molar-refractivity contribution is 5.83. The number of hydrogen-bond acceptors (Lipinski definition) is 5. The summed E-state index contributed by atoms with van der Waals surface area (Å²) in [4.78, 5) is 33.5. The molecule has 2 amide bonds. The van der Waals surface area contributed by atoms with Crippen LogP contribution < -0.4 is 5.32 Å². The summed E-state index contributed by atoms with van der Waals surface area (Å²) in [5.74, 6) is -0.189. The topological polar surface area (TPSA) is 90.2 Å². The molecule has 1 aliphatic heterocycles. The molecular weight excluding hydrogens is 487 g/mol. The first-order valence-electron chi connectivity index (χ1n) is 13.0. The number of alkyl halides is 3. The molecule has 0 aromatic carbocycles. The highest BCUT2D eigenvalue weighted by Crippen LogP contribution is 2.66. The fourth-order valence-corrected chi connectivity index (χ4v) is 6.09. The lowest BCUT2D eigenvalue weighted by atomic mass is 9.43. The summed E-state index contributed by atoms with van der Waals surface area (Å²) < 4.78 is 44.6. The third kappa shape index (κ3) is 4.95. The number of imidazole rings is 1. The molecule has 8 nitrogen and oxygen atoms in total. The molecule has 2 bridgehead atoms. The van der Waals surface area contributed by atoms with Gasteiger partial charge < -0.3 is 19.7 Å². The molecule has 11 heteroatoms. The molecule has 2 unspecified atom stereocenters. The zero-order valence-electron chi connectivity index (χ0n) is 21.0. The maximum atomic E-state index is 14.3. The highest BCUT2D eigenvalue weighted by atomic mass is 19.4. The van der Waals surface area contributed by atoms with Gasteiger partial charge in [0.25, 0.3) is 0 Å². The number of nitrogens with zero attached hydrogens (tertiary/aromatic N) is 4. The smallest absolute Gasteiger partial charge is 0.378 e. The van der Waals surface area contributed by atoms with E-state index in [2.05, 4.69) is 10.3 Å². The average molecular weight is 522 g/mol. The third-order valence-electron chi connectivity index (χ3n) is 8.25. The SMILES string of the molecule is CCCCNC(=O)C(c1cn2ccccc2n1)N1CCN(C(=O)CC23CC(C2)C3)CC(O)(C(F)(F)F)C1. The first-order valence-corrected chi connectivity index (χ1v) is 13.0. The normalized spacial score (nSPS) is 28.8. The summed E-state index contributed by atoms with van der Waals surface area (Å²) in [5.41, 5.74) is -2.40. The maximum absolute atomic E-state index is 14.3. The van der Waals surface area contributed by atoms with Crippen LogP contribution in [0.2, 0.25) is 0 Å². The molecule has 0 radical (unpaired) electrons. The number of fused-ring (bicyclic) bond motifs is 1. The zero-order chi connectivity index (χ0) is 26.4. The van der Waals surface area contributed by atoms with Crippen molar-refractivity contribution < 1.29 is 27.9 Å². The number of amides is 2. The summed E-state index contributed by atoms with van der Waals surface area (Å²) in [5, 5.41) is 13.8. The van der Waals surface area contributed by atoms with Crippen molar-refractivity contribution in [2.24, 2.45) is 11.3 Å². The number of nitrogens with one attached hydrogen (secondary N) is 1. The Morgan fingerprint density at radius 2 is 1.97 bits per heavy atom. The van der Waals surface area contributed by atoms with Crippen LogP contribution >= 0.6 is 0 Å². The molecular formula is C26H34F3N5O3. The minimum atomic E-state index is -4.99. The van der Waals surface area contributed by atoms with Crippen LogP contribution in [0.1, 0.15) is 57.2 Å². The minimum Gasteiger partial charge on any atom is -0.378 e. The van der Waals surface area contributed by atoms with E-state index in [1.54, 1.807) is 35.0 Å². The van der Waals surface area contributed by atoms with Crippen LogP contribution in [0.25, 0.3) is 5.65 Å². The number of unbranched alkanes of at least 4 members (excludes halogenated alkanes) is 1. The lowest BCUT2D eigenvalue weighted by Gasteiger charge is -2.62. The molecule has 2 N–H and O–H groups in total. The number of aromatic nitrogens is 2. The van der Waals surface area contributed by atoms with Crippen LogP contribution in [0.4, 0.5) is 13.2 Å². The molecule has 0 spiro atoms. The molecule has 1 saturated heterocycles. The van der Waals surface area contributed by atoms with E-state index in [-0.39, 0.29) is 30.8 Å². The Morgan fingerprint density at radius 1 is 1.22 bits per heavy atom. The van der Waals surface area contributed by atoms with Crippen molar-refractivity contribution in [3.8, 4) is 0 Å². The van der Waals surface area contributed by atoms with Gasteiger partial charge in [-0.15, -0.1) is 0 Å². The summed E-state index contributed by atoms with van der Waals surface area (Å²) in [6, 6.07) is 4.17. The van der Waals surface area contributed by atoms with Crippen molar-refractivity contribution in [1.29, 1.82) is 0 Å². The van der Waals surface area contributed by atoms with Gasteiger partial charge in [0, 0.05) is 45.0 Å². The van der Waals surface area contributed by atoms with E-state index in [9.17, 15) is 27.9 Å². The Kier molecular flexibility index (Phi) is 6.72. The van der Waals surface area contributed by atoms with Crippen molar-refractivity contribution >= 4 is 17.5 Å². The van der Waals surface area contributed by atoms with Gasteiger partial charge in [0.15, 0.2) is 5.60 Å². The Hall–Kier alpha value is -2.66. The van der Waals surface area contributed by atoms with E-state index in [4.69, 9.17) is 0 Å². The van der Waals surface area contributed by atoms with Crippen molar-refractivity contribution in [3.05, 3.63) is 36.3 Å². The van der Waals surface area contributed by atoms with Crippen molar-refractivity contribution in [1.82, 2.24) is 24.5 Å². The third-order valence-corrected chi connectivity index (χ3v) is 8.25. The number of hydrogen-bond donors (Lipinski definition) is 2. The minimum absolute atomic E-state index is 0.000505. The lowest BCUT2D eigenvalue weighted by molar-refractivity contribution is -0.266. The monoisotopic (exact) mass is 521 g/mol. The molecule has 3 heterocycles. The van der Waals surface area contributed by atoms with Gasteiger partial charge >= 0.3 is 6.18 Å². The van der Waals surface area contributed by atoms with Crippen LogP contribution in [0.3, 0.4) is 0 Å².